The lowest BCUT2D eigenvalue weighted by Gasteiger charge is -2.26. The Morgan fingerprint density at radius 3 is 2.25 bits per heavy atom. The summed E-state index contributed by atoms with van der Waals surface area (Å²) in [6.45, 7) is 2.54. The first-order valence-corrected chi connectivity index (χ1v) is 11.8. The van der Waals surface area contributed by atoms with Crippen LogP contribution >= 0.6 is 15.9 Å². The lowest BCUT2D eigenvalue weighted by molar-refractivity contribution is -0.122. The summed E-state index contributed by atoms with van der Waals surface area (Å²) in [7, 11) is 1.51. The van der Waals surface area contributed by atoms with Crippen LogP contribution in [0.4, 0.5) is 10.5 Å². The zero-order valence-electron chi connectivity index (χ0n) is 19.6. The summed E-state index contributed by atoms with van der Waals surface area (Å²) in [6.07, 6.45) is 1.40. The lowest BCUT2D eigenvalue weighted by Crippen LogP contribution is -2.54. The molecule has 1 aliphatic rings. The minimum atomic E-state index is -0.828. The van der Waals surface area contributed by atoms with E-state index in [2.05, 4.69) is 21.2 Å². The Balaban J connectivity index is 1.54. The number of methoxy groups -OCH3 is 1. The largest absolute Gasteiger partial charge is 0.497 e. The normalized spacial score (nSPS) is 14.6. The molecule has 3 aromatic rings. The van der Waals surface area contributed by atoms with Crippen molar-refractivity contribution in [2.75, 3.05) is 25.2 Å². The third-order valence-corrected chi connectivity index (χ3v) is 5.83. The zero-order chi connectivity index (χ0) is 25.7. The number of benzene rings is 3. The molecule has 8 nitrogen and oxygen atoms in total. The first kappa shape index (κ1) is 25.0. The second kappa shape index (κ2) is 11.1. The maximum atomic E-state index is 13.2. The number of carbonyl (C=O) groups is 3. The van der Waals surface area contributed by atoms with Crippen LogP contribution in [0, 0.1) is 6.92 Å². The average Bonchev–Trinajstić information content (AvgIpc) is 2.87. The monoisotopic (exact) mass is 550 g/mol. The van der Waals surface area contributed by atoms with Gasteiger partial charge in [0.2, 0.25) is 0 Å². The molecule has 0 saturated carbocycles. The van der Waals surface area contributed by atoms with Crippen LogP contribution in [0.15, 0.2) is 76.8 Å². The Hall–Kier alpha value is -4.11. The van der Waals surface area contributed by atoms with E-state index in [9.17, 15) is 14.4 Å². The second-order valence-corrected chi connectivity index (χ2v) is 8.76. The Labute approximate surface area is 216 Å². The summed E-state index contributed by atoms with van der Waals surface area (Å²) in [5.74, 6) is 0.213. The van der Waals surface area contributed by atoms with Crippen molar-refractivity contribution in [3.05, 3.63) is 87.9 Å². The Bertz CT molecular complexity index is 1320. The number of rotatable bonds is 8. The number of anilines is 1. The van der Waals surface area contributed by atoms with Gasteiger partial charge in [-0.25, -0.2) is 9.69 Å². The Morgan fingerprint density at radius 2 is 1.56 bits per heavy atom. The average molecular weight is 551 g/mol. The smallest absolute Gasteiger partial charge is 0.335 e. The number of hydrogen-bond donors (Lipinski definition) is 1. The number of halogens is 1. The maximum absolute atomic E-state index is 13.2. The van der Waals surface area contributed by atoms with E-state index in [1.165, 1.54) is 13.2 Å². The molecule has 4 rings (SSSR count). The molecule has 1 saturated heterocycles. The molecule has 0 unspecified atom stereocenters. The molecule has 1 heterocycles. The van der Waals surface area contributed by atoms with E-state index in [1.54, 1.807) is 42.5 Å². The van der Waals surface area contributed by atoms with Gasteiger partial charge in [0.1, 0.15) is 36.0 Å². The van der Waals surface area contributed by atoms with Crippen LogP contribution in [0.25, 0.3) is 6.08 Å². The van der Waals surface area contributed by atoms with Crippen molar-refractivity contribution in [2.45, 2.75) is 6.92 Å². The minimum absolute atomic E-state index is 0.204. The number of hydrogen-bond acceptors (Lipinski definition) is 6. The van der Waals surface area contributed by atoms with Gasteiger partial charge in [0, 0.05) is 10.0 Å². The Kier molecular flexibility index (Phi) is 7.70. The number of nitrogens with zero attached hydrogens (tertiary/aromatic N) is 1. The molecule has 0 spiro atoms. The summed E-state index contributed by atoms with van der Waals surface area (Å²) < 4.78 is 17.4. The van der Waals surface area contributed by atoms with E-state index in [0.717, 1.165) is 20.7 Å². The predicted molar refractivity (Wildman–Crippen MR) is 138 cm³/mol. The van der Waals surface area contributed by atoms with E-state index < -0.39 is 17.8 Å². The molecule has 0 aromatic heterocycles. The van der Waals surface area contributed by atoms with Gasteiger partial charge in [0.25, 0.3) is 11.8 Å². The highest BCUT2D eigenvalue weighted by atomic mass is 79.9. The molecule has 184 valence electrons. The first-order chi connectivity index (χ1) is 17.4. The highest BCUT2D eigenvalue weighted by Gasteiger charge is 2.37. The quantitative estimate of drug-likeness (QED) is 0.244. The number of nitrogens with one attached hydrogen (secondary N) is 1. The van der Waals surface area contributed by atoms with Crippen LogP contribution in [-0.2, 0) is 9.59 Å². The number of carbonyl (C=O) groups excluding carboxylic acids is 3. The summed E-state index contributed by atoms with van der Waals surface area (Å²) in [5, 5.41) is 2.22. The van der Waals surface area contributed by atoms with E-state index in [-0.39, 0.29) is 12.2 Å². The molecule has 0 bridgehead atoms. The van der Waals surface area contributed by atoms with Gasteiger partial charge in [-0.3, -0.25) is 14.9 Å². The highest BCUT2D eigenvalue weighted by Crippen LogP contribution is 2.29. The van der Waals surface area contributed by atoms with Crippen LogP contribution in [0.3, 0.4) is 0 Å². The molecule has 4 amide bonds. The number of barbiturate groups is 1. The highest BCUT2D eigenvalue weighted by molar-refractivity contribution is 9.10. The van der Waals surface area contributed by atoms with Gasteiger partial charge >= 0.3 is 6.03 Å². The predicted octanol–water partition coefficient (Wildman–Crippen LogP) is 4.89. The molecule has 9 heteroatoms. The number of ether oxygens (including phenoxy) is 3. The number of aryl methyl sites for hydroxylation is 1. The van der Waals surface area contributed by atoms with Crippen LogP contribution in [0.5, 0.6) is 17.2 Å². The van der Waals surface area contributed by atoms with Crippen molar-refractivity contribution in [3.8, 4) is 17.2 Å². The molecule has 0 atom stereocenters. The van der Waals surface area contributed by atoms with E-state index in [1.807, 2.05) is 31.2 Å². The molecule has 0 radical (unpaired) electrons. The van der Waals surface area contributed by atoms with Crippen LogP contribution in [0.2, 0.25) is 0 Å². The molecular weight excluding hydrogens is 528 g/mol. The number of urea groups is 1. The van der Waals surface area contributed by atoms with Crippen molar-refractivity contribution >= 4 is 45.5 Å². The van der Waals surface area contributed by atoms with Gasteiger partial charge in [0.15, 0.2) is 0 Å². The van der Waals surface area contributed by atoms with Gasteiger partial charge in [0.05, 0.1) is 12.8 Å². The standard InChI is InChI=1S/C27H23BrN2O6/c1-17-3-8-22(9-4-17)35-13-14-36-24-12-5-19(28)15-18(24)16-23-25(31)29-27(33)30(26(23)32)20-6-10-21(34-2)11-7-20/h3-12,15-16H,13-14H2,1-2H3,(H,29,31,33). The molecular formula is C27H23BrN2O6. The van der Waals surface area contributed by atoms with Crippen LogP contribution < -0.4 is 24.4 Å². The topological polar surface area (TPSA) is 94.2 Å². The third-order valence-electron chi connectivity index (χ3n) is 5.33. The van der Waals surface area contributed by atoms with Crippen LogP contribution in [0.1, 0.15) is 11.1 Å². The maximum Gasteiger partial charge on any atom is 0.335 e. The van der Waals surface area contributed by atoms with Crippen molar-refractivity contribution in [1.29, 1.82) is 0 Å². The minimum Gasteiger partial charge on any atom is -0.497 e. The van der Waals surface area contributed by atoms with Crippen molar-refractivity contribution in [2.24, 2.45) is 0 Å². The Morgan fingerprint density at radius 1 is 0.889 bits per heavy atom. The summed E-state index contributed by atoms with van der Waals surface area (Å²) in [6, 6.07) is 18.4. The fourth-order valence-corrected chi connectivity index (χ4v) is 3.87. The molecule has 0 aliphatic carbocycles. The molecule has 1 aliphatic heterocycles. The fourth-order valence-electron chi connectivity index (χ4n) is 3.49. The van der Waals surface area contributed by atoms with Gasteiger partial charge in [-0.2, -0.15) is 0 Å². The fraction of sp³-hybridized carbons (Fsp3) is 0.148. The summed E-state index contributed by atoms with van der Waals surface area (Å²) in [5.41, 5.74) is 1.72. The summed E-state index contributed by atoms with van der Waals surface area (Å²) >= 11 is 3.41. The molecule has 3 aromatic carbocycles. The summed E-state index contributed by atoms with van der Waals surface area (Å²) in [4.78, 5) is 39.2. The number of amides is 4. The second-order valence-electron chi connectivity index (χ2n) is 7.85. The zero-order valence-corrected chi connectivity index (χ0v) is 21.2. The molecule has 36 heavy (non-hydrogen) atoms. The first-order valence-electron chi connectivity index (χ1n) is 11.0. The SMILES string of the molecule is COc1ccc(N2C(=O)NC(=O)C(=Cc3cc(Br)ccc3OCCOc3ccc(C)cc3)C2=O)cc1. The molecule has 1 N–H and O–H groups in total. The third kappa shape index (κ3) is 5.75. The van der Waals surface area contributed by atoms with Crippen molar-refractivity contribution in [1.82, 2.24) is 5.32 Å². The van der Waals surface area contributed by atoms with Crippen molar-refractivity contribution in [3.63, 3.8) is 0 Å². The van der Waals surface area contributed by atoms with Gasteiger partial charge in [-0.05, 0) is 67.6 Å². The van der Waals surface area contributed by atoms with E-state index in [0.29, 0.717) is 29.4 Å². The number of imide groups is 2. The van der Waals surface area contributed by atoms with Crippen LogP contribution in [-0.4, -0.2) is 38.2 Å². The van der Waals surface area contributed by atoms with Gasteiger partial charge in [-0.15, -0.1) is 0 Å². The lowest BCUT2D eigenvalue weighted by atomic mass is 10.1. The molecule has 1 fully saturated rings. The van der Waals surface area contributed by atoms with E-state index in [4.69, 9.17) is 14.2 Å². The van der Waals surface area contributed by atoms with Gasteiger partial charge in [-0.1, -0.05) is 33.6 Å². The van der Waals surface area contributed by atoms with Crippen molar-refractivity contribution < 1.29 is 28.6 Å². The van der Waals surface area contributed by atoms with E-state index >= 15 is 0 Å². The van der Waals surface area contributed by atoms with Gasteiger partial charge < -0.3 is 14.2 Å².